The Morgan fingerprint density at radius 1 is 1.10 bits per heavy atom. The number of rotatable bonds is 4. The van der Waals surface area contributed by atoms with Gasteiger partial charge in [-0.15, -0.1) is 0 Å². The quantitative estimate of drug-likeness (QED) is 0.612. The summed E-state index contributed by atoms with van der Waals surface area (Å²) < 4.78 is 23.1. The van der Waals surface area contributed by atoms with Crippen LogP contribution in [-0.2, 0) is 26.6 Å². The number of nitrogens with one attached hydrogen (secondary N) is 1. The molecule has 1 fully saturated rings. The van der Waals surface area contributed by atoms with Gasteiger partial charge in [0.1, 0.15) is 5.54 Å². The van der Waals surface area contributed by atoms with E-state index in [-0.39, 0.29) is 10.5 Å². The fraction of sp³-hybridized carbons (Fsp3) is 0.286. The maximum atomic E-state index is 13.2. The molecule has 1 aliphatic heterocycles. The molecule has 8 heteroatoms. The van der Waals surface area contributed by atoms with Gasteiger partial charge in [0.15, 0.2) is 15.6 Å². The summed E-state index contributed by atoms with van der Waals surface area (Å²) >= 11 is 0. The molecule has 29 heavy (non-hydrogen) atoms. The molecular formula is C21H20N2O5S. The Balaban J connectivity index is 1.59. The van der Waals surface area contributed by atoms with Gasteiger partial charge in [-0.3, -0.25) is 14.5 Å². The summed E-state index contributed by atoms with van der Waals surface area (Å²) in [6.45, 7) is -0.396. The predicted octanol–water partition coefficient (Wildman–Crippen LogP) is 2.06. The Labute approximate surface area is 168 Å². The van der Waals surface area contributed by atoms with E-state index in [0.29, 0.717) is 6.42 Å². The number of carbonyl (C=O) groups excluding carboxylic acids is 3. The number of hydrogen-bond acceptors (Lipinski definition) is 5. The molecule has 0 unspecified atom stereocenters. The third-order valence-electron chi connectivity index (χ3n) is 5.56. The summed E-state index contributed by atoms with van der Waals surface area (Å²) in [6.07, 6.45) is 3.17. The average molecular weight is 412 g/mol. The number of hydrogen-bond donors (Lipinski definition) is 1. The van der Waals surface area contributed by atoms with Crippen LogP contribution in [0.5, 0.6) is 0 Å². The molecule has 4 rings (SSSR count). The predicted molar refractivity (Wildman–Crippen MR) is 105 cm³/mol. The summed E-state index contributed by atoms with van der Waals surface area (Å²) in [5.74, 6) is -0.856. The standard InChI is InChI=1S/C21H20N2O5S/c1-29(27,28)16-10-8-15(9-11-16)18(24)13-23-19(25)21(22-20(23)26)12-4-6-14-5-2-3-7-17(14)21/h2-3,5,7-11H,4,6,12-13H2,1H3,(H,22,26)/t21-/m1/s1. The van der Waals surface area contributed by atoms with Crippen molar-refractivity contribution >= 4 is 27.6 Å². The van der Waals surface area contributed by atoms with Gasteiger partial charge in [0, 0.05) is 11.8 Å². The third-order valence-corrected chi connectivity index (χ3v) is 6.69. The Kier molecular flexibility index (Phi) is 4.53. The molecule has 1 atom stereocenters. The molecule has 0 bridgehead atoms. The van der Waals surface area contributed by atoms with Gasteiger partial charge in [0.05, 0.1) is 11.4 Å². The number of amides is 3. The van der Waals surface area contributed by atoms with E-state index < -0.39 is 39.6 Å². The van der Waals surface area contributed by atoms with E-state index in [9.17, 15) is 22.8 Å². The molecule has 7 nitrogen and oxygen atoms in total. The first-order valence-corrected chi connectivity index (χ1v) is 11.2. The molecule has 0 saturated carbocycles. The molecule has 3 amide bonds. The van der Waals surface area contributed by atoms with Crippen LogP contribution in [-0.4, -0.2) is 43.8 Å². The Morgan fingerprint density at radius 2 is 1.79 bits per heavy atom. The largest absolute Gasteiger partial charge is 0.325 e. The molecule has 1 spiro atoms. The zero-order valence-corrected chi connectivity index (χ0v) is 16.7. The zero-order valence-electron chi connectivity index (χ0n) is 15.8. The molecular weight excluding hydrogens is 392 g/mol. The maximum Gasteiger partial charge on any atom is 0.325 e. The fourth-order valence-electron chi connectivity index (χ4n) is 4.08. The van der Waals surface area contributed by atoms with Gasteiger partial charge in [-0.05, 0) is 42.5 Å². The highest BCUT2D eigenvalue weighted by atomic mass is 32.2. The lowest BCUT2D eigenvalue weighted by molar-refractivity contribution is -0.131. The molecule has 1 aliphatic carbocycles. The van der Waals surface area contributed by atoms with Crippen molar-refractivity contribution in [3.8, 4) is 0 Å². The van der Waals surface area contributed by atoms with E-state index in [0.717, 1.165) is 35.1 Å². The van der Waals surface area contributed by atoms with Gasteiger partial charge in [0.25, 0.3) is 5.91 Å². The summed E-state index contributed by atoms with van der Waals surface area (Å²) in [7, 11) is -3.37. The van der Waals surface area contributed by atoms with Gasteiger partial charge in [-0.25, -0.2) is 13.2 Å². The van der Waals surface area contributed by atoms with Crippen molar-refractivity contribution in [2.24, 2.45) is 0 Å². The summed E-state index contributed by atoms with van der Waals surface area (Å²) in [5.41, 5.74) is 0.934. The molecule has 0 radical (unpaired) electrons. The number of fused-ring (bicyclic) bond motifs is 2. The number of benzene rings is 2. The van der Waals surface area contributed by atoms with Gasteiger partial charge >= 0.3 is 6.03 Å². The normalized spacial score (nSPS) is 21.2. The summed E-state index contributed by atoms with van der Waals surface area (Å²) in [5, 5.41) is 2.82. The van der Waals surface area contributed by atoms with Crippen molar-refractivity contribution in [1.29, 1.82) is 0 Å². The number of nitrogens with zero attached hydrogens (tertiary/aromatic N) is 1. The molecule has 1 saturated heterocycles. The molecule has 2 aromatic rings. The number of Topliss-reactive ketones (excluding diaryl/α,β-unsaturated/α-hetero) is 1. The second kappa shape index (κ2) is 6.81. The molecule has 0 aromatic heterocycles. The number of ketones is 1. The molecule has 2 aromatic carbocycles. The number of urea groups is 1. The van der Waals surface area contributed by atoms with Crippen molar-refractivity contribution < 1.29 is 22.8 Å². The van der Waals surface area contributed by atoms with E-state index in [1.165, 1.54) is 24.3 Å². The lowest BCUT2D eigenvalue weighted by Gasteiger charge is -2.33. The van der Waals surface area contributed by atoms with Gasteiger partial charge in [-0.1, -0.05) is 36.4 Å². The van der Waals surface area contributed by atoms with Crippen LogP contribution in [0.15, 0.2) is 53.4 Å². The summed E-state index contributed by atoms with van der Waals surface area (Å²) in [4.78, 5) is 39.5. The van der Waals surface area contributed by atoms with Crippen LogP contribution in [0.4, 0.5) is 4.79 Å². The van der Waals surface area contributed by atoms with Crippen LogP contribution in [0.3, 0.4) is 0 Å². The van der Waals surface area contributed by atoms with E-state index in [2.05, 4.69) is 5.32 Å². The minimum Gasteiger partial charge on any atom is -0.319 e. The summed E-state index contributed by atoms with van der Waals surface area (Å²) in [6, 6.07) is 12.4. The number of aryl methyl sites for hydroxylation is 1. The van der Waals surface area contributed by atoms with E-state index in [1.807, 2.05) is 24.3 Å². The smallest absolute Gasteiger partial charge is 0.319 e. The van der Waals surface area contributed by atoms with Crippen molar-refractivity contribution in [2.75, 3.05) is 12.8 Å². The average Bonchev–Trinajstić information content (AvgIpc) is 2.92. The van der Waals surface area contributed by atoms with Crippen molar-refractivity contribution in [2.45, 2.75) is 29.7 Å². The Morgan fingerprint density at radius 3 is 2.48 bits per heavy atom. The van der Waals surface area contributed by atoms with E-state index in [1.54, 1.807) is 0 Å². The SMILES string of the molecule is CS(=O)(=O)c1ccc(C(=O)CN2C(=O)N[C@@]3(CCCc4ccccc43)C2=O)cc1. The number of imide groups is 1. The second-order valence-electron chi connectivity index (χ2n) is 7.46. The molecule has 150 valence electrons. The van der Waals surface area contributed by atoms with Crippen LogP contribution in [0, 0.1) is 0 Å². The topological polar surface area (TPSA) is 101 Å². The van der Waals surface area contributed by atoms with Gasteiger partial charge < -0.3 is 5.32 Å². The highest BCUT2D eigenvalue weighted by Gasteiger charge is 2.54. The van der Waals surface area contributed by atoms with Crippen molar-refractivity contribution in [3.05, 3.63) is 65.2 Å². The van der Waals surface area contributed by atoms with Crippen LogP contribution < -0.4 is 5.32 Å². The molecule has 2 aliphatic rings. The Bertz CT molecular complexity index is 1120. The van der Waals surface area contributed by atoms with Crippen LogP contribution in [0.25, 0.3) is 0 Å². The van der Waals surface area contributed by atoms with E-state index in [4.69, 9.17) is 0 Å². The van der Waals surface area contributed by atoms with Crippen LogP contribution in [0.1, 0.15) is 34.3 Å². The third kappa shape index (κ3) is 3.23. The second-order valence-corrected chi connectivity index (χ2v) is 9.47. The van der Waals surface area contributed by atoms with Gasteiger partial charge in [-0.2, -0.15) is 0 Å². The number of sulfone groups is 1. The van der Waals surface area contributed by atoms with Crippen molar-refractivity contribution in [1.82, 2.24) is 10.2 Å². The van der Waals surface area contributed by atoms with E-state index >= 15 is 0 Å². The van der Waals surface area contributed by atoms with Crippen molar-refractivity contribution in [3.63, 3.8) is 0 Å². The zero-order chi connectivity index (χ0) is 20.8. The van der Waals surface area contributed by atoms with Gasteiger partial charge in [0.2, 0.25) is 0 Å². The first kappa shape index (κ1) is 19.3. The molecule has 1 N–H and O–H groups in total. The first-order valence-electron chi connectivity index (χ1n) is 9.28. The van der Waals surface area contributed by atoms with Crippen LogP contribution >= 0.6 is 0 Å². The Hall–Kier alpha value is -3.00. The minimum atomic E-state index is -3.37. The van der Waals surface area contributed by atoms with Crippen LogP contribution in [0.2, 0.25) is 0 Å². The minimum absolute atomic E-state index is 0.0989. The molecule has 1 heterocycles. The number of carbonyl (C=O) groups is 3. The maximum absolute atomic E-state index is 13.2. The first-order chi connectivity index (χ1) is 13.7. The fourth-order valence-corrected chi connectivity index (χ4v) is 4.71. The lowest BCUT2D eigenvalue weighted by atomic mass is 9.76. The monoisotopic (exact) mass is 412 g/mol. The highest BCUT2D eigenvalue weighted by molar-refractivity contribution is 7.90. The highest BCUT2D eigenvalue weighted by Crippen LogP contribution is 2.39. The lowest BCUT2D eigenvalue weighted by Crippen LogP contribution is -2.46.